The molecular weight excluding hydrogens is 983 g/mol. The van der Waals surface area contributed by atoms with Crippen molar-refractivity contribution in [1.82, 2.24) is 5.32 Å². The van der Waals surface area contributed by atoms with Crippen molar-refractivity contribution in [2.45, 2.75) is 424 Å². The molecule has 0 rings (SSSR count). The van der Waals surface area contributed by atoms with Gasteiger partial charge in [-0.15, -0.1) is 0 Å². The minimum atomic E-state index is -0.667. The third-order valence-electron chi connectivity index (χ3n) is 17.3. The summed E-state index contributed by atoms with van der Waals surface area (Å²) in [7, 11) is 0. The Bertz CT molecular complexity index is 1250. The average Bonchev–Trinajstić information content (AvgIpc) is 3.46. The fourth-order valence-electron chi connectivity index (χ4n) is 11.7. The lowest BCUT2D eigenvalue weighted by molar-refractivity contribution is -0.143. The zero-order valence-electron chi connectivity index (χ0n) is 54.3. The Labute approximate surface area is 501 Å². The van der Waals surface area contributed by atoms with E-state index in [0.717, 1.165) is 44.9 Å². The van der Waals surface area contributed by atoms with E-state index >= 15 is 0 Å². The number of carbonyl (C=O) groups excluding carboxylic acids is 2. The third-order valence-corrected chi connectivity index (χ3v) is 17.3. The van der Waals surface area contributed by atoms with Gasteiger partial charge in [-0.3, -0.25) is 9.59 Å². The van der Waals surface area contributed by atoms with Crippen LogP contribution in [0.2, 0.25) is 0 Å². The third kappa shape index (κ3) is 65.5. The van der Waals surface area contributed by atoms with Gasteiger partial charge in [-0.25, -0.2) is 0 Å². The predicted molar refractivity (Wildman–Crippen MR) is 352 cm³/mol. The lowest BCUT2D eigenvalue weighted by Gasteiger charge is -2.22. The Morgan fingerprint density at radius 1 is 0.350 bits per heavy atom. The van der Waals surface area contributed by atoms with Gasteiger partial charge in [0.25, 0.3) is 0 Å². The average molecular weight is 1130 g/mol. The fourth-order valence-corrected chi connectivity index (χ4v) is 11.7. The van der Waals surface area contributed by atoms with Gasteiger partial charge in [0, 0.05) is 12.8 Å². The van der Waals surface area contributed by atoms with E-state index in [4.69, 9.17) is 4.74 Å². The molecule has 6 heteroatoms. The molecule has 0 aromatic carbocycles. The van der Waals surface area contributed by atoms with E-state index in [0.29, 0.717) is 25.9 Å². The zero-order valence-corrected chi connectivity index (χ0v) is 54.3. The summed E-state index contributed by atoms with van der Waals surface area (Å²) < 4.78 is 5.51. The van der Waals surface area contributed by atoms with E-state index in [2.05, 4.69) is 43.5 Å². The molecule has 2 unspecified atom stereocenters. The van der Waals surface area contributed by atoms with E-state index in [1.165, 1.54) is 334 Å². The molecule has 6 nitrogen and oxygen atoms in total. The minimum Gasteiger partial charge on any atom is -0.466 e. The van der Waals surface area contributed by atoms with Gasteiger partial charge in [0.05, 0.1) is 25.4 Å². The molecule has 0 fully saturated rings. The van der Waals surface area contributed by atoms with Gasteiger partial charge in [0.1, 0.15) is 0 Å². The van der Waals surface area contributed by atoms with Crippen LogP contribution in [0.15, 0.2) is 24.3 Å². The molecule has 0 radical (unpaired) electrons. The molecule has 1 amide bonds. The van der Waals surface area contributed by atoms with Gasteiger partial charge in [-0.2, -0.15) is 0 Å². The van der Waals surface area contributed by atoms with Gasteiger partial charge < -0.3 is 20.3 Å². The summed E-state index contributed by atoms with van der Waals surface area (Å²) >= 11 is 0. The number of ether oxygens (including phenoxy) is 1. The quantitative estimate of drug-likeness (QED) is 0.0320. The Hall–Kier alpha value is -1.66. The maximum atomic E-state index is 12.5. The molecule has 0 saturated heterocycles. The second-order valence-electron chi connectivity index (χ2n) is 25.3. The molecule has 3 N–H and O–H groups in total. The van der Waals surface area contributed by atoms with E-state index < -0.39 is 12.1 Å². The van der Waals surface area contributed by atoms with Crippen LogP contribution < -0.4 is 5.32 Å². The van der Waals surface area contributed by atoms with Crippen molar-refractivity contribution in [3.63, 3.8) is 0 Å². The van der Waals surface area contributed by atoms with Crippen LogP contribution >= 0.6 is 0 Å². The van der Waals surface area contributed by atoms with Crippen molar-refractivity contribution >= 4 is 11.9 Å². The molecule has 0 aliphatic rings. The van der Waals surface area contributed by atoms with Crippen LogP contribution in [-0.2, 0) is 14.3 Å². The molecule has 0 aromatic heterocycles. The number of esters is 1. The van der Waals surface area contributed by atoms with Crippen molar-refractivity contribution in [3.8, 4) is 0 Å². The van der Waals surface area contributed by atoms with Crippen LogP contribution in [0.4, 0.5) is 0 Å². The molecule has 0 heterocycles. The molecule has 0 aliphatic heterocycles. The first-order valence-corrected chi connectivity index (χ1v) is 36.6. The van der Waals surface area contributed by atoms with Crippen LogP contribution in [0.5, 0.6) is 0 Å². The lowest BCUT2D eigenvalue weighted by Crippen LogP contribution is -2.45. The zero-order chi connectivity index (χ0) is 57.8. The van der Waals surface area contributed by atoms with Crippen LogP contribution in [0, 0.1) is 0 Å². The second-order valence-corrected chi connectivity index (χ2v) is 25.3. The van der Waals surface area contributed by atoms with Gasteiger partial charge in [0.15, 0.2) is 0 Å². The summed E-state index contributed by atoms with van der Waals surface area (Å²) in [5.41, 5.74) is 0. The standard InChI is InChI=1S/C74H143NO5/c1-3-5-7-9-11-13-15-17-19-21-34-38-42-46-50-54-58-62-66-72(77)71(70-76)75-73(78)67-63-59-55-51-47-43-39-35-32-30-28-26-24-23-25-27-29-31-33-37-41-45-49-53-57-61-65-69-80-74(79)68-64-60-56-52-48-44-40-36-22-20-18-16-14-12-10-8-6-4-2/h23-24,27,29,71-72,76-77H,3-22,25-26,28,30-70H2,1-2H3,(H,75,78)/b24-23-,29-27-. The highest BCUT2D eigenvalue weighted by Crippen LogP contribution is 2.19. The van der Waals surface area contributed by atoms with Crippen LogP contribution in [0.3, 0.4) is 0 Å². The van der Waals surface area contributed by atoms with Gasteiger partial charge >= 0.3 is 5.97 Å². The number of aliphatic hydroxyl groups excluding tert-OH is 2. The summed E-state index contributed by atoms with van der Waals surface area (Å²) in [5, 5.41) is 23.4. The largest absolute Gasteiger partial charge is 0.466 e. The van der Waals surface area contributed by atoms with Crippen LogP contribution in [-0.4, -0.2) is 47.4 Å². The van der Waals surface area contributed by atoms with Crippen LogP contribution in [0.25, 0.3) is 0 Å². The number of hydrogen-bond donors (Lipinski definition) is 3. The molecule has 0 aliphatic carbocycles. The first-order valence-electron chi connectivity index (χ1n) is 36.6. The van der Waals surface area contributed by atoms with Crippen molar-refractivity contribution in [3.05, 3.63) is 24.3 Å². The molecular formula is C74H143NO5. The summed E-state index contributed by atoms with van der Waals surface area (Å²) in [6, 6.07) is -0.544. The fraction of sp³-hybridized carbons (Fsp3) is 0.919. The van der Waals surface area contributed by atoms with Gasteiger partial charge in [-0.1, -0.05) is 366 Å². The highest BCUT2D eigenvalue weighted by Gasteiger charge is 2.20. The summed E-state index contributed by atoms with van der Waals surface area (Å²) in [6.07, 6.45) is 88.0. The maximum absolute atomic E-state index is 12.5. The molecule has 80 heavy (non-hydrogen) atoms. The van der Waals surface area contributed by atoms with Gasteiger partial charge in [0.2, 0.25) is 5.91 Å². The normalized spacial score (nSPS) is 12.6. The molecule has 0 bridgehead atoms. The smallest absolute Gasteiger partial charge is 0.305 e. The van der Waals surface area contributed by atoms with E-state index in [1.54, 1.807) is 0 Å². The molecule has 0 spiro atoms. The number of carbonyl (C=O) groups is 2. The lowest BCUT2D eigenvalue weighted by atomic mass is 10.0. The highest BCUT2D eigenvalue weighted by molar-refractivity contribution is 5.76. The van der Waals surface area contributed by atoms with Crippen LogP contribution in [0.1, 0.15) is 412 Å². The number of allylic oxidation sites excluding steroid dienone is 4. The summed E-state index contributed by atoms with van der Waals surface area (Å²) in [6.45, 7) is 5.00. The van der Waals surface area contributed by atoms with E-state index in [1.807, 2.05) is 0 Å². The number of hydrogen-bond acceptors (Lipinski definition) is 5. The first-order chi connectivity index (χ1) is 39.5. The monoisotopic (exact) mass is 1130 g/mol. The van der Waals surface area contributed by atoms with Crippen molar-refractivity contribution in [2.75, 3.05) is 13.2 Å². The molecule has 0 saturated carbocycles. The topological polar surface area (TPSA) is 95.9 Å². The molecule has 2 atom stereocenters. The first kappa shape index (κ1) is 78.3. The number of unbranched alkanes of at least 4 members (excludes halogenated alkanes) is 54. The molecule has 474 valence electrons. The number of rotatable bonds is 69. The number of nitrogens with one attached hydrogen (secondary N) is 1. The number of amides is 1. The SMILES string of the molecule is CCCCCCCCCCCCCCCCCCCCC(=O)OCCCCCCCCCCC/C=C\C/C=C\CCCCCCCCCCCCCC(=O)NC(CO)C(O)CCCCCCCCCCCCCCCCCCCC. The highest BCUT2D eigenvalue weighted by atomic mass is 16.5. The van der Waals surface area contributed by atoms with E-state index in [-0.39, 0.29) is 18.5 Å². The van der Waals surface area contributed by atoms with Crippen molar-refractivity contribution < 1.29 is 24.5 Å². The van der Waals surface area contributed by atoms with Gasteiger partial charge in [-0.05, 0) is 57.8 Å². The predicted octanol–water partition coefficient (Wildman–Crippen LogP) is 23.7. The minimum absolute atomic E-state index is 0.0160. The maximum Gasteiger partial charge on any atom is 0.305 e. The summed E-state index contributed by atoms with van der Waals surface area (Å²) in [4.78, 5) is 24.6. The Balaban J connectivity index is 3.39. The van der Waals surface area contributed by atoms with Crippen molar-refractivity contribution in [2.24, 2.45) is 0 Å². The Kier molecular flexibility index (Phi) is 68.4. The molecule has 0 aromatic rings. The van der Waals surface area contributed by atoms with Crippen molar-refractivity contribution in [1.29, 1.82) is 0 Å². The second kappa shape index (κ2) is 69.8. The Morgan fingerprint density at radius 2 is 0.625 bits per heavy atom. The summed E-state index contributed by atoms with van der Waals surface area (Å²) in [5.74, 6) is -0.0183. The van der Waals surface area contributed by atoms with E-state index in [9.17, 15) is 19.8 Å². The number of aliphatic hydroxyl groups is 2. The Morgan fingerprint density at radius 3 is 0.950 bits per heavy atom.